The van der Waals surface area contributed by atoms with Gasteiger partial charge in [0, 0.05) is 31.5 Å². The number of carbonyl (C=O) groups excluding carboxylic acids is 2. The van der Waals surface area contributed by atoms with Gasteiger partial charge in [-0.3, -0.25) is 14.6 Å². The second kappa shape index (κ2) is 9.20. The summed E-state index contributed by atoms with van der Waals surface area (Å²) >= 11 is 0. The smallest absolute Gasteiger partial charge is 0.252 e. The van der Waals surface area contributed by atoms with E-state index in [0.717, 1.165) is 19.3 Å². The number of nitrogens with two attached hydrogens (primary N) is 1. The van der Waals surface area contributed by atoms with Crippen LogP contribution in [0.4, 0.5) is 0 Å². The number of amides is 2. The topological polar surface area (TPSA) is 97.1 Å². The fraction of sp³-hybridized carbons (Fsp3) is 0.562. The van der Waals surface area contributed by atoms with Gasteiger partial charge in [-0.2, -0.15) is 0 Å². The SMILES string of the molecule is Cl.Cl.NC1C2CCC(C2)C1C(=O)NCCNC(=O)c1cccnc1. The van der Waals surface area contributed by atoms with Gasteiger partial charge in [0.1, 0.15) is 0 Å². The number of nitrogens with one attached hydrogen (secondary N) is 2. The van der Waals surface area contributed by atoms with Crippen LogP contribution in [-0.2, 0) is 4.79 Å². The highest BCUT2D eigenvalue weighted by molar-refractivity contribution is 5.93. The molecule has 4 atom stereocenters. The predicted octanol–water partition coefficient (Wildman–Crippen LogP) is 1.14. The van der Waals surface area contributed by atoms with E-state index in [0.29, 0.717) is 30.5 Å². The van der Waals surface area contributed by atoms with Crippen LogP contribution in [0.25, 0.3) is 0 Å². The summed E-state index contributed by atoms with van der Waals surface area (Å²) in [5, 5.41) is 5.66. The molecule has 4 unspecified atom stereocenters. The largest absolute Gasteiger partial charge is 0.354 e. The molecule has 8 heteroatoms. The first-order chi connectivity index (χ1) is 10.7. The molecule has 0 aliphatic heterocycles. The molecule has 2 amide bonds. The van der Waals surface area contributed by atoms with Gasteiger partial charge in [-0.15, -0.1) is 24.8 Å². The molecule has 1 heterocycles. The summed E-state index contributed by atoms with van der Waals surface area (Å²) in [5.74, 6) is 0.776. The van der Waals surface area contributed by atoms with E-state index >= 15 is 0 Å². The average Bonchev–Trinajstić information content (AvgIpc) is 3.13. The third-order valence-corrected chi connectivity index (χ3v) is 4.92. The Balaban J connectivity index is 0.00000144. The normalized spacial score (nSPS) is 26.9. The van der Waals surface area contributed by atoms with Crippen LogP contribution >= 0.6 is 24.8 Å². The van der Waals surface area contributed by atoms with Gasteiger partial charge >= 0.3 is 0 Å². The minimum absolute atomic E-state index is 0. The Hall–Kier alpha value is -1.37. The van der Waals surface area contributed by atoms with Gasteiger partial charge in [-0.05, 0) is 43.2 Å². The number of hydrogen-bond acceptors (Lipinski definition) is 4. The Morgan fingerprint density at radius 1 is 1.17 bits per heavy atom. The van der Waals surface area contributed by atoms with Crippen molar-refractivity contribution in [3.8, 4) is 0 Å². The van der Waals surface area contributed by atoms with Crippen LogP contribution in [-0.4, -0.2) is 35.9 Å². The number of halogens is 2. The first-order valence-electron chi connectivity index (χ1n) is 7.88. The van der Waals surface area contributed by atoms with Gasteiger partial charge in [-0.1, -0.05) is 0 Å². The van der Waals surface area contributed by atoms with Crippen LogP contribution in [0, 0.1) is 17.8 Å². The molecule has 1 aromatic heterocycles. The van der Waals surface area contributed by atoms with Crippen molar-refractivity contribution >= 4 is 36.6 Å². The summed E-state index contributed by atoms with van der Waals surface area (Å²) in [4.78, 5) is 28.0. The van der Waals surface area contributed by atoms with Gasteiger partial charge in [0.25, 0.3) is 5.91 Å². The Morgan fingerprint density at radius 3 is 2.50 bits per heavy atom. The van der Waals surface area contributed by atoms with Gasteiger partial charge in [0.2, 0.25) is 5.91 Å². The van der Waals surface area contributed by atoms with Crippen molar-refractivity contribution in [2.45, 2.75) is 25.3 Å². The molecule has 2 saturated carbocycles. The number of carbonyl (C=O) groups is 2. The van der Waals surface area contributed by atoms with Gasteiger partial charge < -0.3 is 16.4 Å². The summed E-state index contributed by atoms with van der Waals surface area (Å²) in [5.41, 5.74) is 6.67. The van der Waals surface area contributed by atoms with Gasteiger partial charge in [0.05, 0.1) is 11.5 Å². The third kappa shape index (κ3) is 4.37. The maximum atomic E-state index is 12.2. The molecule has 3 rings (SSSR count). The summed E-state index contributed by atoms with van der Waals surface area (Å²) < 4.78 is 0. The number of rotatable bonds is 5. The molecule has 0 saturated heterocycles. The van der Waals surface area contributed by atoms with Crippen molar-refractivity contribution in [2.75, 3.05) is 13.1 Å². The van der Waals surface area contributed by atoms with Gasteiger partial charge in [-0.25, -0.2) is 0 Å². The molecule has 2 aliphatic rings. The lowest BCUT2D eigenvalue weighted by Gasteiger charge is -2.27. The Kier molecular flexibility index (Phi) is 7.93. The number of pyridine rings is 1. The molecule has 1 aromatic rings. The van der Waals surface area contributed by atoms with E-state index in [1.807, 2.05) is 0 Å². The van der Waals surface area contributed by atoms with Crippen molar-refractivity contribution in [1.29, 1.82) is 0 Å². The molecular weight excluding hydrogens is 351 g/mol. The molecule has 24 heavy (non-hydrogen) atoms. The van der Waals surface area contributed by atoms with Crippen LogP contribution < -0.4 is 16.4 Å². The van der Waals surface area contributed by atoms with E-state index in [9.17, 15) is 9.59 Å². The summed E-state index contributed by atoms with van der Waals surface area (Å²) in [6.07, 6.45) is 6.51. The number of hydrogen-bond donors (Lipinski definition) is 3. The second-order valence-corrected chi connectivity index (χ2v) is 6.22. The number of nitrogens with zero attached hydrogens (tertiary/aromatic N) is 1. The van der Waals surface area contributed by atoms with E-state index in [2.05, 4.69) is 15.6 Å². The molecule has 2 aliphatic carbocycles. The summed E-state index contributed by atoms with van der Waals surface area (Å²) in [7, 11) is 0. The maximum absolute atomic E-state index is 12.2. The molecule has 0 aromatic carbocycles. The van der Waals surface area contributed by atoms with Crippen LogP contribution in [0.15, 0.2) is 24.5 Å². The van der Waals surface area contributed by atoms with E-state index in [-0.39, 0.29) is 48.6 Å². The maximum Gasteiger partial charge on any atom is 0.252 e. The lowest BCUT2D eigenvalue weighted by molar-refractivity contribution is -0.127. The van der Waals surface area contributed by atoms with Crippen molar-refractivity contribution in [1.82, 2.24) is 15.6 Å². The minimum atomic E-state index is -0.182. The number of fused-ring (bicyclic) bond motifs is 2. The van der Waals surface area contributed by atoms with Gasteiger partial charge in [0.15, 0.2) is 0 Å². The zero-order valence-corrected chi connectivity index (χ0v) is 14.9. The first-order valence-corrected chi connectivity index (χ1v) is 7.88. The zero-order valence-electron chi connectivity index (χ0n) is 13.3. The monoisotopic (exact) mass is 374 g/mol. The minimum Gasteiger partial charge on any atom is -0.354 e. The average molecular weight is 375 g/mol. The molecule has 0 radical (unpaired) electrons. The molecule has 134 valence electrons. The highest BCUT2D eigenvalue weighted by Gasteiger charge is 2.48. The molecule has 0 spiro atoms. The molecule has 4 N–H and O–H groups in total. The zero-order chi connectivity index (χ0) is 15.5. The van der Waals surface area contributed by atoms with E-state index in [1.165, 1.54) is 6.20 Å². The Bertz CT molecular complexity index is 556. The fourth-order valence-corrected chi connectivity index (χ4v) is 3.80. The van der Waals surface area contributed by atoms with Crippen LogP contribution in [0.1, 0.15) is 29.6 Å². The summed E-state index contributed by atoms with van der Waals surface area (Å²) in [6, 6.07) is 3.42. The lowest BCUT2D eigenvalue weighted by atomic mass is 9.84. The first kappa shape index (κ1) is 20.7. The molecule has 2 bridgehead atoms. The third-order valence-electron chi connectivity index (χ3n) is 4.92. The highest BCUT2D eigenvalue weighted by atomic mass is 35.5. The Labute approximate surface area is 154 Å². The quantitative estimate of drug-likeness (QED) is 0.673. The second-order valence-electron chi connectivity index (χ2n) is 6.22. The lowest BCUT2D eigenvalue weighted by Crippen LogP contribution is -2.46. The van der Waals surface area contributed by atoms with E-state index in [4.69, 9.17) is 5.73 Å². The molecular formula is C16H24Cl2N4O2. The van der Waals surface area contributed by atoms with Crippen LogP contribution in [0.5, 0.6) is 0 Å². The predicted molar refractivity (Wildman–Crippen MR) is 96.4 cm³/mol. The molecule has 2 fully saturated rings. The van der Waals surface area contributed by atoms with Crippen molar-refractivity contribution in [3.05, 3.63) is 30.1 Å². The van der Waals surface area contributed by atoms with Crippen molar-refractivity contribution in [2.24, 2.45) is 23.5 Å². The number of aromatic nitrogens is 1. The highest BCUT2D eigenvalue weighted by Crippen LogP contribution is 2.47. The molecule has 6 nitrogen and oxygen atoms in total. The van der Waals surface area contributed by atoms with Crippen LogP contribution in [0.3, 0.4) is 0 Å². The standard InChI is InChI=1S/C16H22N4O2.2ClH/c17-14-11-4-3-10(8-11)13(14)16(22)20-7-6-19-15(21)12-2-1-5-18-9-12;;/h1-2,5,9-11,13-14H,3-4,6-8,17H2,(H,19,21)(H,20,22);2*1H. The summed E-state index contributed by atoms with van der Waals surface area (Å²) in [6.45, 7) is 0.820. The van der Waals surface area contributed by atoms with Crippen LogP contribution in [0.2, 0.25) is 0 Å². The van der Waals surface area contributed by atoms with E-state index < -0.39 is 0 Å². The van der Waals surface area contributed by atoms with Crippen molar-refractivity contribution in [3.63, 3.8) is 0 Å². The van der Waals surface area contributed by atoms with E-state index in [1.54, 1.807) is 18.3 Å². The Morgan fingerprint density at radius 2 is 1.88 bits per heavy atom. The fourth-order valence-electron chi connectivity index (χ4n) is 3.80. The van der Waals surface area contributed by atoms with Crippen molar-refractivity contribution < 1.29 is 9.59 Å².